The fraction of sp³-hybridized carbons (Fsp3) is 0.421. The molecule has 0 spiro atoms. The molecule has 1 aromatic heterocycles. The summed E-state index contributed by atoms with van der Waals surface area (Å²) in [5.41, 5.74) is 1.54. The molecule has 1 amide bonds. The van der Waals surface area contributed by atoms with Crippen LogP contribution in [0.3, 0.4) is 0 Å². The molecule has 138 valence electrons. The minimum absolute atomic E-state index is 0.0318. The van der Waals surface area contributed by atoms with E-state index in [2.05, 4.69) is 27.1 Å². The van der Waals surface area contributed by atoms with Crippen LogP contribution in [0, 0.1) is 0 Å². The van der Waals surface area contributed by atoms with E-state index in [-0.39, 0.29) is 5.91 Å². The highest BCUT2D eigenvalue weighted by atomic mass is 16.5. The van der Waals surface area contributed by atoms with Crippen LogP contribution in [0.5, 0.6) is 5.75 Å². The van der Waals surface area contributed by atoms with Crippen molar-refractivity contribution in [2.45, 2.75) is 13.5 Å². The summed E-state index contributed by atoms with van der Waals surface area (Å²) in [5, 5.41) is 3.24. The molecule has 2 heterocycles. The number of methoxy groups -OCH3 is 1. The van der Waals surface area contributed by atoms with Gasteiger partial charge in [0.25, 0.3) is 5.91 Å². The van der Waals surface area contributed by atoms with Crippen molar-refractivity contribution in [2.24, 2.45) is 0 Å². The Hall–Kier alpha value is -2.67. The lowest BCUT2D eigenvalue weighted by Crippen LogP contribution is -2.48. The Bertz CT molecular complexity index is 727. The van der Waals surface area contributed by atoms with Crippen molar-refractivity contribution in [1.82, 2.24) is 19.8 Å². The minimum Gasteiger partial charge on any atom is -0.497 e. The lowest BCUT2D eigenvalue weighted by atomic mass is 10.2. The number of aromatic nitrogens is 2. The van der Waals surface area contributed by atoms with Gasteiger partial charge < -0.3 is 19.9 Å². The summed E-state index contributed by atoms with van der Waals surface area (Å²) >= 11 is 0. The van der Waals surface area contributed by atoms with Crippen molar-refractivity contribution in [3.05, 3.63) is 47.9 Å². The van der Waals surface area contributed by atoms with Gasteiger partial charge in [-0.15, -0.1) is 0 Å². The topological polar surface area (TPSA) is 70.6 Å². The van der Waals surface area contributed by atoms with Gasteiger partial charge in [-0.05, 0) is 24.2 Å². The van der Waals surface area contributed by atoms with Crippen molar-refractivity contribution in [3.8, 4) is 5.75 Å². The van der Waals surface area contributed by atoms with Gasteiger partial charge in [0.05, 0.1) is 7.11 Å². The number of nitrogens with zero attached hydrogens (tertiary/aromatic N) is 4. The number of hydrogen-bond acceptors (Lipinski definition) is 6. The number of hydrogen-bond donors (Lipinski definition) is 1. The standard InChI is InChI=1S/C19H25N5O2/c1-3-23-8-10-24(11-9-23)19(25)17-12-18(22-14-21-17)20-13-15-4-6-16(26-2)7-5-15/h4-7,12,14H,3,8-11,13H2,1-2H3,(H,20,21,22). The Morgan fingerprint density at radius 3 is 2.54 bits per heavy atom. The molecule has 0 atom stereocenters. The second-order valence-electron chi connectivity index (χ2n) is 6.22. The van der Waals surface area contributed by atoms with Crippen LogP contribution in [0.2, 0.25) is 0 Å². The lowest BCUT2D eigenvalue weighted by Gasteiger charge is -2.33. The number of amides is 1. The first-order chi connectivity index (χ1) is 12.7. The van der Waals surface area contributed by atoms with E-state index < -0.39 is 0 Å². The molecule has 3 rings (SSSR count). The van der Waals surface area contributed by atoms with Crippen molar-refractivity contribution in [3.63, 3.8) is 0 Å². The number of likely N-dealkylation sites (N-methyl/N-ethyl adjacent to an activating group) is 1. The summed E-state index contributed by atoms with van der Waals surface area (Å²) in [7, 11) is 1.65. The maximum atomic E-state index is 12.7. The van der Waals surface area contributed by atoms with Crippen LogP contribution in [0.4, 0.5) is 5.82 Å². The van der Waals surface area contributed by atoms with Gasteiger partial charge in [-0.25, -0.2) is 9.97 Å². The first kappa shape index (κ1) is 18.1. The number of carbonyl (C=O) groups is 1. The smallest absolute Gasteiger partial charge is 0.272 e. The third-order valence-electron chi connectivity index (χ3n) is 4.63. The molecule has 0 saturated carbocycles. The van der Waals surface area contributed by atoms with Gasteiger partial charge in [0.15, 0.2) is 0 Å². The molecule has 1 N–H and O–H groups in total. The minimum atomic E-state index is -0.0318. The third-order valence-corrected chi connectivity index (χ3v) is 4.63. The van der Waals surface area contributed by atoms with E-state index in [1.807, 2.05) is 29.2 Å². The predicted octanol–water partition coefficient (Wildman–Crippen LogP) is 1.87. The zero-order valence-electron chi connectivity index (χ0n) is 15.3. The molecule has 7 heteroatoms. The Morgan fingerprint density at radius 1 is 1.15 bits per heavy atom. The molecule has 1 aliphatic heterocycles. The van der Waals surface area contributed by atoms with Gasteiger partial charge >= 0.3 is 0 Å². The average Bonchev–Trinajstić information content (AvgIpc) is 2.72. The van der Waals surface area contributed by atoms with Crippen molar-refractivity contribution in [1.29, 1.82) is 0 Å². The van der Waals surface area contributed by atoms with E-state index in [1.165, 1.54) is 6.33 Å². The number of carbonyl (C=O) groups excluding carboxylic acids is 1. The van der Waals surface area contributed by atoms with Gasteiger partial charge in [0.1, 0.15) is 23.6 Å². The molecule has 1 aromatic carbocycles. The zero-order chi connectivity index (χ0) is 18.4. The van der Waals surface area contributed by atoms with Crippen LogP contribution in [0.25, 0.3) is 0 Å². The largest absolute Gasteiger partial charge is 0.497 e. The number of ether oxygens (including phenoxy) is 1. The molecular formula is C19H25N5O2. The van der Waals surface area contributed by atoms with Crippen LogP contribution >= 0.6 is 0 Å². The van der Waals surface area contributed by atoms with Crippen LogP contribution in [-0.2, 0) is 6.54 Å². The first-order valence-corrected chi connectivity index (χ1v) is 8.90. The van der Waals surface area contributed by atoms with E-state index in [1.54, 1.807) is 13.2 Å². The molecule has 0 aliphatic carbocycles. The number of benzene rings is 1. The second-order valence-corrected chi connectivity index (χ2v) is 6.22. The highest BCUT2D eigenvalue weighted by molar-refractivity contribution is 5.93. The molecule has 2 aromatic rings. The highest BCUT2D eigenvalue weighted by Gasteiger charge is 2.22. The highest BCUT2D eigenvalue weighted by Crippen LogP contribution is 2.14. The summed E-state index contributed by atoms with van der Waals surface area (Å²) < 4.78 is 5.16. The number of nitrogens with one attached hydrogen (secondary N) is 1. The van der Waals surface area contributed by atoms with Gasteiger partial charge in [0.2, 0.25) is 0 Å². The molecular weight excluding hydrogens is 330 g/mol. The average molecular weight is 355 g/mol. The Morgan fingerprint density at radius 2 is 1.88 bits per heavy atom. The van der Waals surface area contributed by atoms with E-state index in [9.17, 15) is 4.79 Å². The summed E-state index contributed by atoms with van der Waals surface area (Å²) in [6, 6.07) is 9.54. The van der Waals surface area contributed by atoms with Crippen LogP contribution in [-0.4, -0.2) is 65.5 Å². The van der Waals surface area contributed by atoms with E-state index >= 15 is 0 Å². The maximum Gasteiger partial charge on any atom is 0.272 e. The van der Waals surface area contributed by atoms with E-state index in [0.717, 1.165) is 44.0 Å². The van der Waals surface area contributed by atoms with Crippen LogP contribution in [0.15, 0.2) is 36.7 Å². The van der Waals surface area contributed by atoms with Crippen LogP contribution in [0.1, 0.15) is 23.0 Å². The Kier molecular flexibility index (Phi) is 6.01. The van der Waals surface area contributed by atoms with E-state index in [0.29, 0.717) is 18.1 Å². The predicted molar refractivity (Wildman–Crippen MR) is 100 cm³/mol. The summed E-state index contributed by atoms with van der Waals surface area (Å²) in [6.45, 7) is 7.09. The molecule has 1 aliphatic rings. The first-order valence-electron chi connectivity index (χ1n) is 8.90. The van der Waals surface area contributed by atoms with Gasteiger partial charge in [-0.2, -0.15) is 0 Å². The molecule has 7 nitrogen and oxygen atoms in total. The molecule has 1 fully saturated rings. The summed E-state index contributed by atoms with van der Waals surface area (Å²) in [5.74, 6) is 1.44. The monoisotopic (exact) mass is 355 g/mol. The fourth-order valence-electron chi connectivity index (χ4n) is 2.94. The summed E-state index contributed by atoms with van der Waals surface area (Å²) in [6.07, 6.45) is 1.44. The Balaban J connectivity index is 1.59. The normalized spacial score (nSPS) is 14.9. The zero-order valence-corrected chi connectivity index (χ0v) is 15.3. The van der Waals surface area contributed by atoms with Crippen molar-refractivity contribution in [2.75, 3.05) is 45.2 Å². The van der Waals surface area contributed by atoms with Crippen LogP contribution < -0.4 is 10.1 Å². The number of anilines is 1. The molecule has 0 bridgehead atoms. The molecule has 1 saturated heterocycles. The third kappa shape index (κ3) is 4.49. The summed E-state index contributed by atoms with van der Waals surface area (Å²) in [4.78, 5) is 25.2. The number of piperazine rings is 1. The molecule has 26 heavy (non-hydrogen) atoms. The maximum absolute atomic E-state index is 12.7. The fourth-order valence-corrected chi connectivity index (χ4v) is 2.94. The Labute approximate surface area is 154 Å². The van der Waals surface area contributed by atoms with Gasteiger partial charge in [-0.3, -0.25) is 4.79 Å². The SMILES string of the molecule is CCN1CCN(C(=O)c2cc(NCc3ccc(OC)cc3)ncn2)CC1. The second kappa shape index (κ2) is 8.62. The lowest BCUT2D eigenvalue weighted by molar-refractivity contribution is 0.0637. The van der Waals surface area contributed by atoms with Crippen molar-refractivity contribution >= 4 is 11.7 Å². The van der Waals surface area contributed by atoms with Gasteiger partial charge in [0, 0.05) is 38.8 Å². The van der Waals surface area contributed by atoms with Gasteiger partial charge in [-0.1, -0.05) is 19.1 Å². The molecule has 0 radical (unpaired) electrons. The number of rotatable bonds is 6. The molecule has 0 unspecified atom stereocenters. The van der Waals surface area contributed by atoms with Crippen molar-refractivity contribution < 1.29 is 9.53 Å². The quantitative estimate of drug-likeness (QED) is 0.853. The van der Waals surface area contributed by atoms with E-state index in [4.69, 9.17) is 4.74 Å².